The summed E-state index contributed by atoms with van der Waals surface area (Å²) in [6.07, 6.45) is 0.556. The summed E-state index contributed by atoms with van der Waals surface area (Å²) in [6.45, 7) is 0.382. The van der Waals surface area contributed by atoms with Gasteiger partial charge in [0, 0.05) is 0 Å². The smallest absolute Gasteiger partial charge is 0.323 e. The summed E-state index contributed by atoms with van der Waals surface area (Å²) in [7, 11) is 1.40. The number of nitrogens with one attached hydrogen (secondary N) is 1. The highest BCUT2D eigenvalue weighted by atomic mass is 16.5. The highest BCUT2D eigenvalue weighted by molar-refractivity contribution is 5.76. The molecule has 0 saturated heterocycles. The fourth-order valence-corrected chi connectivity index (χ4v) is 2.46. The number of esters is 1. The van der Waals surface area contributed by atoms with Gasteiger partial charge in [-0.15, -0.1) is 5.10 Å². The third kappa shape index (κ3) is 3.54. The van der Waals surface area contributed by atoms with E-state index in [0.29, 0.717) is 13.1 Å². The Bertz CT molecular complexity index is 785. The van der Waals surface area contributed by atoms with Gasteiger partial charge in [-0.1, -0.05) is 47.7 Å². The highest BCUT2D eigenvalue weighted by Gasteiger charge is 2.19. The molecule has 23 heavy (non-hydrogen) atoms. The molecule has 6 heteroatoms. The predicted octanol–water partition coefficient (Wildman–Crippen LogP) is 1.76. The van der Waals surface area contributed by atoms with Gasteiger partial charge >= 0.3 is 5.97 Å². The van der Waals surface area contributed by atoms with Crippen molar-refractivity contribution in [2.24, 2.45) is 0 Å². The number of carbonyl (C=O) groups is 1. The van der Waals surface area contributed by atoms with Crippen LogP contribution in [0.15, 0.2) is 54.6 Å². The van der Waals surface area contributed by atoms with Gasteiger partial charge < -0.3 is 4.74 Å². The quantitative estimate of drug-likeness (QED) is 0.703. The van der Waals surface area contributed by atoms with Gasteiger partial charge in [-0.25, -0.2) is 4.68 Å². The molecule has 0 spiro atoms. The van der Waals surface area contributed by atoms with Crippen LogP contribution in [0, 0.1) is 0 Å². The van der Waals surface area contributed by atoms with Gasteiger partial charge in [0.15, 0.2) is 0 Å². The second-order valence-corrected chi connectivity index (χ2v) is 5.21. The van der Waals surface area contributed by atoms with Gasteiger partial charge in [-0.05, 0) is 24.1 Å². The molecule has 1 aromatic heterocycles. The zero-order chi connectivity index (χ0) is 16.1. The number of benzene rings is 2. The lowest BCUT2D eigenvalue weighted by molar-refractivity contribution is -0.143. The number of rotatable bonds is 6. The minimum Gasteiger partial charge on any atom is -0.468 e. The molecule has 0 unspecified atom stereocenters. The second kappa shape index (κ2) is 7.02. The molecule has 0 amide bonds. The maximum atomic E-state index is 12.0. The summed E-state index contributed by atoms with van der Waals surface area (Å²) >= 11 is 0. The molecule has 1 atom stereocenters. The Morgan fingerprint density at radius 2 is 1.91 bits per heavy atom. The molecule has 0 fully saturated rings. The lowest BCUT2D eigenvalue weighted by Gasteiger charge is -2.16. The standard InChI is InChI=1S/C17H18N4O2/c1-23-17(22)15(11-13-7-3-2-4-8-13)18-12-21-16-10-6-5-9-14(16)19-20-21/h2-10,15,18H,11-12H2,1H3/t15-/m1/s1. The first-order chi connectivity index (χ1) is 11.3. The van der Waals surface area contributed by atoms with E-state index in [9.17, 15) is 4.79 Å². The fourth-order valence-electron chi connectivity index (χ4n) is 2.46. The number of methoxy groups -OCH3 is 1. The molecular weight excluding hydrogens is 292 g/mol. The van der Waals surface area contributed by atoms with E-state index in [4.69, 9.17) is 4.74 Å². The van der Waals surface area contributed by atoms with Crippen LogP contribution in [0.2, 0.25) is 0 Å². The summed E-state index contributed by atoms with van der Waals surface area (Å²) in [5.41, 5.74) is 2.81. The minimum atomic E-state index is -0.439. The van der Waals surface area contributed by atoms with E-state index >= 15 is 0 Å². The minimum absolute atomic E-state index is 0.293. The van der Waals surface area contributed by atoms with Crippen molar-refractivity contribution in [2.45, 2.75) is 19.1 Å². The average molecular weight is 310 g/mol. The van der Waals surface area contributed by atoms with E-state index in [-0.39, 0.29) is 5.97 Å². The van der Waals surface area contributed by atoms with E-state index < -0.39 is 6.04 Å². The molecule has 118 valence electrons. The van der Waals surface area contributed by atoms with Crippen molar-refractivity contribution in [1.82, 2.24) is 20.3 Å². The zero-order valence-corrected chi connectivity index (χ0v) is 12.8. The van der Waals surface area contributed by atoms with Crippen molar-refractivity contribution in [3.05, 3.63) is 60.2 Å². The second-order valence-electron chi connectivity index (χ2n) is 5.21. The summed E-state index contributed by atoms with van der Waals surface area (Å²) in [5.74, 6) is -0.293. The van der Waals surface area contributed by atoms with E-state index in [1.54, 1.807) is 4.68 Å². The molecule has 3 rings (SSSR count). The summed E-state index contributed by atoms with van der Waals surface area (Å²) in [6, 6.07) is 17.1. The lowest BCUT2D eigenvalue weighted by atomic mass is 10.1. The number of nitrogens with zero attached hydrogens (tertiary/aromatic N) is 3. The van der Waals surface area contributed by atoms with Crippen LogP contribution >= 0.6 is 0 Å². The van der Waals surface area contributed by atoms with Gasteiger partial charge in [0.2, 0.25) is 0 Å². The molecule has 1 heterocycles. The summed E-state index contributed by atoms with van der Waals surface area (Å²) in [4.78, 5) is 12.0. The Balaban J connectivity index is 1.72. The molecule has 0 aliphatic heterocycles. The van der Waals surface area contributed by atoms with Gasteiger partial charge in [0.1, 0.15) is 11.6 Å². The van der Waals surface area contributed by atoms with Crippen LogP contribution in [0.3, 0.4) is 0 Å². The third-order valence-electron chi connectivity index (χ3n) is 3.68. The largest absolute Gasteiger partial charge is 0.468 e. The van der Waals surface area contributed by atoms with Gasteiger partial charge in [0.25, 0.3) is 0 Å². The lowest BCUT2D eigenvalue weighted by Crippen LogP contribution is -2.40. The van der Waals surface area contributed by atoms with E-state index in [1.807, 2.05) is 54.6 Å². The monoisotopic (exact) mass is 310 g/mol. The maximum Gasteiger partial charge on any atom is 0.323 e. The number of aromatic nitrogens is 3. The molecule has 0 radical (unpaired) electrons. The van der Waals surface area contributed by atoms with Gasteiger partial charge in [-0.2, -0.15) is 0 Å². The molecule has 6 nitrogen and oxygen atoms in total. The first kappa shape index (κ1) is 15.2. The average Bonchev–Trinajstić information content (AvgIpc) is 3.02. The SMILES string of the molecule is COC(=O)[C@@H](Cc1ccccc1)NCn1nnc2ccccc21. The van der Waals surface area contributed by atoms with E-state index in [0.717, 1.165) is 16.6 Å². The Labute approximate surface area is 134 Å². The number of carbonyl (C=O) groups excluding carboxylic acids is 1. The van der Waals surface area contributed by atoms with Crippen molar-refractivity contribution < 1.29 is 9.53 Å². The molecule has 2 aromatic carbocycles. The normalized spacial score (nSPS) is 12.2. The van der Waals surface area contributed by atoms with Crippen molar-refractivity contribution in [1.29, 1.82) is 0 Å². The summed E-state index contributed by atoms with van der Waals surface area (Å²) in [5, 5.41) is 11.4. The highest BCUT2D eigenvalue weighted by Crippen LogP contribution is 2.10. The first-order valence-corrected chi connectivity index (χ1v) is 7.41. The number of para-hydroxylation sites is 1. The number of ether oxygens (including phenoxy) is 1. The molecule has 1 N–H and O–H groups in total. The van der Waals surface area contributed by atoms with Gasteiger partial charge in [-0.3, -0.25) is 10.1 Å². The van der Waals surface area contributed by atoms with Crippen molar-refractivity contribution in [2.75, 3.05) is 7.11 Å². The maximum absolute atomic E-state index is 12.0. The fraction of sp³-hybridized carbons (Fsp3) is 0.235. The number of hydrogen-bond acceptors (Lipinski definition) is 5. The van der Waals surface area contributed by atoms with Crippen LogP contribution < -0.4 is 5.32 Å². The topological polar surface area (TPSA) is 69.0 Å². The van der Waals surface area contributed by atoms with Crippen LogP contribution in [0.5, 0.6) is 0 Å². The van der Waals surface area contributed by atoms with Crippen LogP contribution in [0.1, 0.15) is 5.56 Å². The van der Waals surface area contributed by atoms with Crippen LogP contribution in [0.4, 0.5) is 0 Å². The Hall–Kier alpha value is -2.73. The van der Waals surface area contributed by atoms with Crippen LogP contribution in [0.25, 0.3) is 11.0 Å². The number of hydrogen-bond donors (Lipinski definition) is 1. The Kier molecular flexibility index (Phi) is 4.63. The van der Waals surface area contributed by atoms with Gasteiger partial charge in [0.05, 0.1) is 19.3 Å². The Morgan fingerprint density at radius 3 is 2.70 bits per heavy atom. The van der Waals surface area contributed by atoms with Crippen LogP contribution in [-0.4, -0.2) is 34.1 Å². The predicted molar refractivity (Wildman–Crippen MR) is 86.6 cm³/mol. The van der Waals surface area contributed by atoms with Crippen molar-refractivity contribution >= 4 is 17.0 Å². The zero-order valence-electron chi connectivity index (χ0n) is 12.8. The van der Waals surface area contributed by atoms with Crippen LogP contribution in [-0.2, 0) is 22.6 Å². The third-order valence-corrected chi connectivity index (χ3v) is 3.68. The summed E-state index contributed by atoms with van der Waals surface area (Å²) < 4.78 is 6.63. The van der Waals surface area contributed by atoms with E-state index in [1.165, 1.54) is 7.11 Å². The molecule has 0 saturated carbocycles. The molecule has 0 aliphatic rings. The molecular formula is C17H18N4O2. The van der Waals surface area contributed by atoms with Crippen molar-refractivity contribution in [3.8, 4) is 0 Å². The number of fused-ring (bicyclic) bond motifs is 1. The first-order valence-electron chi connectivity index (χ1n) is 7.41. The van der Waals surface area contributed by atoms with Crippen molar-refractivity contribution in [3.63, 3.8) is 0 Å². The molecule has 3 aromatic rings. The molecule has 0 bridgehead atoms. The molecule has 0 aliphatic carbocycles. The van der Waals surface area contributed by atoms with E-state index in [2.05, 4.69) is 15.6 Å². The Morgan fingerprint density at radius 1 is 1.17 bits per heavy atom.